The van der Waals surface area contributed by atoms with Crippen molar-refractivity contribution in [3.63, 3.8) is 0 Å². The number of benzene rings is 1. The average molecular weight is 363 g/mol. The summed E-state index contributed by atoms with van der Waals surface area (Å²) in [4.78, 5) is 25.9. The van der Waals surface area contributed by atoms with E-state index < -0.39 is 0 Å². The number of carbonyl (C=O) groups excluding carboxylic acids is 2. The Kier molecular flexibility index (Phi) is 7.03. The van der Waals surface area contributed by atoms with Gasteiger partial charge in [-0.15, -0.1) is 11.8 Å². The van der Waals surface area contributed by atoms with Crippen LogP contribution in [0.1, 0.15) is 20.8 Å². The fraction of sp³-hybridized carbons (Fsp3) is 0.467. The first-order valence-corrected chi connectivity index (χ1v) is 8.46. The van der Waals surface area contributed by atoms with E-state index in [2.05, 4.69) is 5.32 Å². The zero-order chi connectivity index (χ0) is 16.9. The van der Waals surface area contributed by atoms with E-state index >= 15 is 0 Å². The number of nitrogens with one attached hydrogen (secondary N) is 1. The van der Waals surface area contributed by atoms with Gasteiger partial charge >= 0.3 is 0 Å². The minimum absolute atomic E-state index is 0.0208. The van der Waals surface area contributed by atoms with Crippen LogP contribution in [0.3, 0.4) is 0 Å². The number of rotatable bonds is 5. The summed E-state index contributed by atoms with van der Waals surface area (Å²) in [7, 11) is 1.60. The molecule has 0 unspecified atom stereocenters. The summed E-state index contributed by atoms with van der Waals surface area (Å²) < 4.78 is 0. The second kappa shape index (κ2) is 8.09. The number of amides is 2. The van der Waals surface area contributed by atoms with Crippen molar-refractivity contribution in [1.29, 1.82) is 0 Å². The van der Waals surface area contributed by atoms with E-state index in [1.165, 1.54) is 16.7 Å². The summed E-state index contributed by atoms with van der Waals surface area (Å²) in [6.07, 6.45) is 0. The standard InChI is InChI=1S/C15H20Cl2N2O2S/c1-15(2,3)18-12(20)8-19(4)13(21)9-22-14-10(16)6-5-7-11(14)17/h5-7H,8-9H2,1-4H3,(H,18,20). The van der Waals surface area contributed by atoms with Crippen LogP contribution in [0.2, 0.25) is 10.0 Å². The zero-order valence-corrected chi connectivity index (χ0v) is 15.4. The molecule has 0 aromatic heterocycles. The molecule has 0 aliphatic carbocycles. The molecule has 0 aliphatic rings. The third-order valence-corrected chi connectivity index (χ3v) is 4.55. The van der Waals surface area contributed by atoms with Crippen LogP contribution in [0, 0.1) is 0 Å². The lowest BCUT2D eigenvalue weighted by molar-refractivity contribution is -0.133. The van der Waals surface area contributed by atoms with Gasteiger partial charge in [-0.1, -0.05) is 29.3 Å². The molecule has 0 spiro atoms. The number of thioether (sulfide) groups is 1. The summed E-state index contributed by atoms with van der Waals surface area (Å²) in [6, 6.07) is 5.20. The molecule has 7 heteroatoms. The zero-order valence-electron chi connectivity index (χ0n) is 13.1. The summed E-state index contributed by atoms with van der Waals surface area (Å²) in [5, 5.41) is 3.84. The predicted octanol–water partition coefficient (Wildman–Crippen LogP) is 3.46. The molecule has 0 saturated heterocycles. The molecule has 1 aromatic rings. The molecule has 0 bridgehead atoms. The predicted molar refractivity (Wildman–Crippen MR) is 92.7 cm³/mol. The van der Waals surface area contributed by atoms with Crippen molar-refractivity contribution in [2.24, 2.45) is 0 Å². The van der Waals surface area contributed by atoms with Crippen LogP contribution in [-0.2, 0) is 9.59 Å². The van der Waals surface area contributed by atoms with Crippen LogP contribution in [0.5, 0.6) is 0 Å². The third-order valence-electron chi connectivity index (χ3n) is 2.58. The minimum Gasteiger partial charge on any atom is -0.350 e. The van der Waals surface area contributed by atoms with Crippen LogP contribution in [0.25, 0.3) is 0 Å². The Balaban J connectivity index is 2.53. The first-order valence-electron chi connectivity index (χ1n) is 6.72. The van der Waals surface area contributed by atoms with Crippen molar-refractivity contribution >= 4 is 46.8 Å². The lowest BCUT2D eigenvalue weighted by Gasteiger charge is -2.23. The number of hydrogen-bond acceptors (Lipinski definition) is 3. The van der Waals surface area contributed by atoms with Crippen LogP contribution < -0.4 is 5.32 Å². The van der Waals surface area contributed by atoms with E-state index in [1.54, 1.807) is 25.2 Å². The Bertz CT molecular complexity index is 539. The van der Waals surface area contributed by atoms with Crippen molar-refractivity contribution in [1.82, 2.24) is 10.2 Å². The molecule has 22 heavy (non-hydrogen) atoms. The van der Waals surface area contributed by atoms with E-state index in [9.17, 15) is 9.59 Å². The van der Waals surface area contributed by atoms with Crippen molar-refractivity contribution in [2.45, 2.75) is 31.2 Å². The van der Waals surface area contributed by atoms with Crippen LogP contribution >= 0.6 is 35.0 Å². The number of carbonyl (C=O) groups is 2. The minimum atomic E-state index is -0.319. The van der Waals surface area contributed by atoms with Gasteiger partial charge in [0.05, 0.1) is 22.3 Å². The lowest BCUT2D eigenvalue weighted by atomic mass is 10.1. The van der Waals surface area contributed by atoms with Crippen molar-refractivity contribution < 1.29 is 9.59 Å². The molecular formula is C15H20Cl2N2O2S. The molecule has 0 atom stereocenters. The highest BCUT2D eigenvalue weighted by atomic mass is 35.5. The highest BCUT2D eigenvalue weighted by Gasteiger charge is 2.18. The highest BCUT2D eigenvalue weighted by molar-refractivity contribution is 8.00. The number of hydrogen-bond donors (Lipinski definition) is 1. The van der Waals surface area contributed by atoms with Gasteiger partial charge in [-0.05, 0) is 32.9 Å². The number of nitrogens with zero attached hydrogens (tertiary/aromatic N) is 1. The van der Waals surface area contributed by atoms with Crippen LogP contribution in [0.15, 0.2) is 23.1 Å². The Labute approximate surface area is 145 Å². The second-order valence-electron chi connectivity index (χ2n) is 5.89. The molecule has 122 valence electrons. The average Bonchev–Trinajstić information content (AvgIpc) is 2.35. The van der Waals surface area contributed by atoms with Crippen molar-refractivity contribution in [3.05, 3.63) is 28.2 Å². The first-order chi connectivity index (χ1) is 10.1. The molecule has 1 aromatic carbocycles. The van der Waals surface area contributed by atoms with Gasteiger partial charge < -0.3 is 10.2 Å². The van der Waals surface area contributed by atoms with E-state index in [0.717, 1.165) is 0 Å². The van der Waals surface area contributed by atoms with E-state index in [1.807, 2.05) is 20.8 Å². The van der Waals surface area contributed by atoms with Gasteiger partial charge in [0.25, 0.3) is 0 Å². The second-order valence-corrected chi connectivity index (χ2v) is 7.69. The third kappa shape index (κ3) is 6.46. The summed E-state index contributed by atoms with van der Waals surface area (Å²) >= 11 is 13.4. The number of likely N-dealkylation sites (N-methyl/N-ethyl adjacent to an activating group) is 1. The van der Waals surface area contributed by atoms with Gasteiger partial charge in [0.1, 0.15) is 0 Å². The molecule has 0 fully saturated rings. The molecule has 2 amide bonds. The molecule has 0 aliphatic heterocycles. The molecular weight excluding hydrogens is 343 g/mol. The van der Waals surface area contributed by atoms with Crippen molar-refractivity contribution in [3.8, 4) is 0 Å². The van der Waals surface area contributed by atoms with Gasteiger partial charge in [0, 0.05) is 17.5 Å². The molecule has 0 heterocycles. The summed E-state index contributed by atoms with van der Waals surface area (Å²) in [6.45, 7) is 5.69. The fourth-order valence-electron chi connectivity index (χ4n) is 1.63. The Hall–Kier alpha value is -0.910. The lowest BCUT2D eigenvalue weighted by Crippen LogP contribution is -2.46. The maximum absolute atomic E-state index is 12.1. The number of halogens is 2. The van der Waals surface area contributed by atoms with Gasteiger partial charge in [0.15, 0.2) is 0 Å². The van der Waals surface area contributed by atoms with Crippen molar-refractivity contribution in [2.75, 3.05) is 19.3 Å². The normalized spacial score (nSPS) is 11.2. The molecule has 1 N–H and O–H groups in total. The maximum atomic E-state index is 12.1. The SMILES string of the molecule is CN(CC(=O)NC(C)(C)C)C(=O)CSc1c(Cl)cccc1Cl. The smallest absolute Gasteiger partial charge is 0.240 e. The quantitative estimate of drug-likeness (QED) is 0.815. The fourth-order valence-corrected chi connectivity index (χ4v) is 3.25. The molecule has 0 saturated carbocycles. The Morgan fingerprint density at radius 1 is 1.23 bits per heavy atom. The summed E-state index contributed by atoms with van der Waals surface area (Å²) in [5.74, 6) is -0.183. The largest absolute Gasteiger partial charge is 0.350 e. The maximum Gasteiger partial charge on any atom is 0.240 e. The Morgan fingerprint density at radius 2 is 1.77 bits per heavy atom. The molecule has 4 nitrogen and oxygen atoms in total. The van der Waals surface area contributed by atoms with Crippen LogP contribution in [0.4, 0.5) is 0 Å². The Morgan fingerprint density at radius 3 is 2.27 bits per heavy atom. The summed E-state index contributed by atoms with van der Waals surface area (Å²) in [5.41, 5.74) is -0.319. The monoisotopic (exact) mass is 362 g/mol. The van der Waals surface area contributed by atoms with E-state index in [-0.39, 0.29) is 29.7 Å². The van der Waals surface area contributed by atoms with Gasteiger partial charge in [-0.25, -0.2) is 0 Å². The highest BCUT2D eigenvalue weighted by Crippen LogP contribution is 2.33. The van der Waals surface area contributed by atoms with Gasteiger partial charge in [0.2, 0.25) is 11.8 Å². The van der Waals surface area contributed by atoms with E-state index in [4.69, 9.17) is 23.2 Å². The first kappa shape index (κ1) is 19.1. The molecule has 1 rings (SSSR count). The van der Waals surface area contributed by atoms with Gasteiger partial charge in [-0.3, -0.25) is 9.59 Å². The van der Waals surface area contributed by atoms with Crippen LogP contribution in [-0.4, -0.2) is 41.6 Å². The molecule has 0 radical (unpaired) electrons. The van der Waals surface area contributed by atoms with E-state index in [0.29, 0.717) is 14.9 Å². The topological polar surface area (TPSA) is 49.4 Å². The van der Waals surface area contributed by atoms with Gasteiger partial charge in [-0.2, -0.15) is 0 Å².